The summed E-state index contributed by atoms with van der Waals surface area (Å²) in [5, 5.41) is 16.3. The largest absolute Gasteiger partial charge is 0.673 e. The van der Waals surface area contributed by atoms with Crippen molar-refractivity contribution in [1.82, 2.24) is 0 Å². The van der Waals surface area contributed by atoms with E-state index in [1.54, 1.807) is 24.3 Å². The average Bonchev–Trinajstić information content (AvgIpc) is 2.54. The van der Waals surface area contributed by atoms with Gasteiger partial charge in [0.15, 0.2) is 9.95 Å². The van der Waals surface area contributed by atoms with Crippen LogP contribution in [0.5, 0.6) is 0 Å². The monoisotopic (exact) mass is 384 g/mol. The zero-order chi connectivity index (χ0) is 20.6. The van der Waals surface area contributed by atoms with Crippen LogP contribution in [0.15, 0.2) is 60.7 Å². The Kier molecular flexibility index (Phi) is 12.7. The van der Waals surface area contributed by atoms with E-state index in [4.69, 9.17) is 10.8 Å². The lowest BCUT2D eigenvalue weighted by Gasteiger charge is -1.94. The Morgan fingerprint density at radius 1 is 0.500 bits per heavy atom. The highest BCUT2D eigenvalue weighted by molar-refractivity contribution is 6.50. The quantitative estimate of drug-likeness (QED) is 0.281. The number of hydrogen-bond acceptors (Lipinski definition) is 2. The molecule has 140 valence electrons. The van der Waals surface area contributed by atoms with Crippen molar-refractivity contribution in [2.75, 3.05) is 0 Å². The third kappa shape index (κ3) is 28.9. The smallest absolute Gasteiger partial charge is 0.418 e. The lowest BCUT2D eigenvalue weighted by atomic mass is 10.3. The Hall–Kier alpha value is -3.15. The van der Waals surface area contributed by atoms with Crippen LogP contribution in [0.25, 0.3) is 9.95 Å². The predicted molar refractivity (Wildman–Crippen MR) is 82.7 cm³/mol. The highest BCUT2D eigenvalue weighted by Gasteiger charge is 2.21. The molecule has 2 aromatic rings. The second-order valence-electron chi connectivity index (χ2n) is 3.86. The highest BCUT2D eigenvalue weighted by Crippen LogP contribution is 2.08. The number of benzene rings is 2. The third-order valence-corrected chi connectivity index (χ3v) is 1.74. The first kappa shape index (κ1) is 25.1. The lowest BCUT2D eigenvalue weighted by molar-refractivity contribution is 0.366. The molecule has 0 atom stereocenters. The molecule has 0 bridgehead atoms. The van der Waals surface area contributed by atoms with Crippen molar-refractivity contribution in [3.63, 3.8) is 0 Å². The van der Waals surface area contributed by atoms with Crippen molar-refractivity contribution in [2.24, 2.45) is 0 Å². The number of diazo groups is 2. The first-order chi connectivity index (χ1) is 11.9. The molecule has 14 heteroatoms. The average molecular weight is 384 g/mol. The molecule has 0 unspecified atom stereocenters. The molecule has 0 saturated heterocycles. The maximum absolute atomic E-state index is 9.75. The molecule has 0 N–H and O–H groups in total. The van der Waals surface area contributed by atoms with Crippen LogP contribution in [-0.4, -0.2) is 14.5 Å². The van der Waals surface area contributed by atoms with Gasteiger partial charge in [0.1, 0.15) is 0 Å². The number of rotatable bonds is 0. The maximum Gasteiger partial charge on any atom is 0.673 e. The van der Waals surface area contributed by atoms with Crippen molar-refractivity contribution in [2.45, 2.75) is 0 Å². The zero-order valence-corrected chi connectivity index (χ0v) is 12.7. The van der Waals surface area contributed by atoms with Gasteiger partial charge in [-0.25, -0.2) is 0 Å². The molecule has 0 amide bonds. The molecule has 0 saturated carbocycles. The van der Waals surface area contributed by atoms with Crippen LogP contribution in [0.2, 0.25) is 0 Å². The van der Waals surface area contributed by atoms with Gasteiger partial charge in [-0.3, -0.25) is 0 Å². The van der Waals surface area contributed by atoms with E-state index < -0.39 is 14.5 Å². The van der Waals surface area contributed by atoms with Gasteiger partial charge in [0, 0.05) is 24.3 Å². The summed E-state index contributed by atoms with van der Waals surface area (Å²) >= 11 is 0. The molecule has 2 rings (SSSR count). The van der Waals surface area contributed by atoms with Gasteiger partial charge in [-0.1, -0.05) is 36.4 Å². The van der Waals surface area contributed by atoms with Crippen LogP contribution in [0, 0.1) is 10.8 Å². The van der Waals surface area contributed by atoms with Crippen molar-refractivity contribution in [3.05, 3.63) is 70.6 Å². The van der Waals surface area contributed by atoms with Crippen molar-refractivity contribution in [1.29, 1.82) is 10.8 Å². The van der Waals surface area contributed by atoms with Gasteiger partial charge in [-0.15, -0.1) is 0 Å². The summed E-state index contributed by atoms with van der Waals surface area (Å²) in [6.45, 7) is 0. The summed E-state index contributed by atoms with van der Waals surface area (Å²) in [5.41, 5.74) is 1.18. The van der Waals surface area contributed by atoms with Crippen LogP contribution in [0.3, 0.4) is 0 Å². The van der Waals surface area contributed by atoms with Gasteiger partial charge in [0.05, 0.1) is 0 Å². The van der Waals surface area contributed by atoms with E-state index in [2.05, 4.69) is 9.95 Å². The predicted octanol–water partition coefficient (Wildman–Crippen LogP) is 6.94. The summed E-state index contributed by atoms with van der Waals surface area (Å²) in [6, 6.07) is 17.9. The van der Waals surface area contributed by atoms with E-state index >= 15 is 0 Å². The topological polar surface area (TPSA) is 56.3 Å². The first-order valence-electron chi connectivity index (χ1n) is 6.41. The normalized spacial score (nSPS) is 9.46. The van der Waals surface area contributed by atoms with Crippen LogP contribution in [0.4, 0.5) is 45.9 Å². The number of hydrogen-bond donors (Lipinski definition) is 0. The molecule has 0 aliphatic heterocycles. The molecule has 0 radical (unpaired) electrons. The molecular weight excluding hydrogens is 374 g/mol. The number of nitrogens with zero attached hydrogens (tertiary/aromatic N) is 4. The maximum atomic E-state index is 9.75. The fourth-order valence-corrected chi connectivity index (χ4v) is 0.989. The molecule has 0 heterocycles. The fraction of sp³-hybridized carbons (Fsp3) is 0. The van der Waals surface area contributed by atoms with Crippen LogP contribution in [-0.2, 0) is 0 Å². The molecule has 0 fully saturated rings. The molecule has 4 nitrogen and oxygen atoms in total. The van der Waals surface area contributed by atoms with Gasteiger partial charge < -0.3 is 34.5 Å². The van der Waals surface area contributed by atoms with Crippen LogP contribution < -0.4 is 0 Å². The Morgan fingerprint density at radius 3 is 0.808 bits per heavy atom. The van der Waals surface area contributed by atoms with Crippen molar-refractivity contribution >= 4 is 25.9 Å². The Bertz CT molecular complexity index is 607. The van der Waals surface area contributed by atoms with E-state index in [0.717, 1.165) is 0 Å². The Morgan fingerprint density at radius 2 is 0.692 bits per heavy atom. The molecule has 0 spiro atoms. The highest BCUT2D eigenvalue weighted by atomic mass is 19.5. The summed E-state index contributed by atoms with van der Waals surface area (Å²) in [6.07, 6.45) is 0. The Balaban J connectivity index is 0. The van der Waals surface area contributed by atoms with Gasteiger partial charge in [0.25, 0.3) is 0 Å². The van der Waals surface area contributed by atoms with E-state index in [1.165, 1.54) is 0 Å². The van der Waals surface area contributed by atoms with Gasteiger partial charge in [0.2, 0.25) is 10.8 Å². The van der Waals surface area contributed by atoms with Gasteiger partial charge >= 0.3 is 25.9 Å². The molecule has 0 aliphatic rings. The third-order valence-electron chi connectivity index (χ3n) is 1.74. The van der Waals surface area contributed by atoms with Crippen LogP contribution >= 0.6 is 0 Å². The molecule has 26 heavy (non-hydrogen) atoms. The molecule has 0 aliphatic carbocycles. The summed E-state index contributed by atoms with van der Waals surface area (Å²) in [4.78, 5) is 5.94. The Labute approximate surface area is 142 Å². The molecular formula is C12H10B2F8N4. The van der Waals surface area contributed by atoms with Crippen molar-refractivity contribution in [3.8, 4) is 0 Å². The van der Waals surface area contributed by atoms with Gasteiger partial charge in [-0.05, 0) is 0 Å². The van der Waals surface area contributed by atoms with E-state index in [-0.39, 0.29) is 0 Å². The fourth-order valence-electron chi connectivity index (χ4n) is 0.989. The zero-order valence-electron chi connectivity index (χ0n) is 12.7. The lowest BCUT2D eigenvalue weighted by Crippen LogP contribution is -2.02. The summed E-state index contributed by atoms with van der Waals surface area (Å²) in [5.74, 6) is 0. The van der Waals surface area contributed by atoms with E-state index in [1.807, 2.05) is 36.4 Å². The minimum absolute atomic E-state index is 0.590. The SMILES string of the molecule is F[B-](F)(F)F.F[B-](F)(F)F.N#[N+]c1ccccc1.N#[N+]c1ccccc1. The first-order valence-corrected chi connectivity index (χ1v) is 6.41. The summed E-state index contributed by atoms with van der Waals surface area (Å²) < 4.78 is 78.0. The summed E-state index contributed by atoms with van der Waals surface area (Å²) in [7, 11) is -12.0. The number of halogens is 8. The van der Waals surface area contributed by atoms with Crippen LogP contribution in [0.1, 0.15) is 0 Å². The van der Waals surface area contributed by atoms with E-state index in [0.29, 0.717) is 11.4 Å². The van der Waals surface area contributed by atoms with Gasteiger partial charge in [-0.2, -0.15) is 0 Å². The minimum atomic E-state index is -6.00. The second-order valence-corrected chi connectivity index (χ2v) is 3.86. The minimum Gasteiger partial charge on any atom is -0.418 e. The second kappa shape index (κ2) is 13.2. The van der Waals surface area contributed by atoms with Crippen molar-refractivity contribution < 1.29 is 34.5 Å². The molecule has 0 aromatic heterocycles. The standard InChI is InChI=1S/2C6H5N2.2BF4/c2*7-8-6-4-2-1-3-5-6;2*2-1(3,4)5/h2*1-5H;;/q2*+1;2*-1. The van der Waals surface area contributed by atoms with E-state index in [9.17, 15) is 34.5 Å². The molecule has 2 aromatic carbocycles.